The Labute approximate surface area is 116 Å². The van der Waals surface area contributed by atoms with Gasteiger partial charge in [0.25, 0.3) is 0 Å². The summed E-state index contributed by atoms with van der Waals surface area (Å²) in [5.74, 6) is -1.06. The Bertz CT molecular complexity index is 573. The predicted molar refractivity (Wildman–Crippen MR) is 75.8 cm³/mol. The van der Waals surface area contributed by atoms with E-state index in [0.717, 1.165) is 0 Å². The van der Waals surface area contributed by atoms with Crippen molar-refractivity contribution in [1.82, 2.24) is 5.32 Å². The van der Waals surface area contributed by atoms with Crippen LogP contribution in [0.4, 0.5) is 0 Å². The summed E-state index contributed by atoms with van der Waals surface area (Å²) in [5, 5.41) is 31.5. The zero-order valence-corrected chi connectivity index (χ0v) is 11.7. The van der Waals surface area contributed by atoms with Crippen molar-refractivity contribution in [3.05, 3.63) is 39.1 Å². The maximum Gasteiger partial charge on any atom is 0.200 e. The fourth-order valence-electron chi connectivity index (χ4n) is 1.81. The van der Waals surface area contributed by atoms with Crippen LogP contribution in [0, 0.1) is 13.8 Å². The molecule has 5 heteroatoms. The Hall–Kier alpha value is -1.72. The molecule has 0 saturated carbocycles. The number of aromatic hydroxyl groups is 3. The highest BCUT2D eigenvalue weighted by atomic mass is 32.1. The minimum absolute atomic E-state index is 0.272. The molecule has 0 fully saturated rings. The highest BCUT2D eigenvalue weighted by Crippen LogP contribution is 2.36. The molecule has 0 aliphatic rings. The topological polar surface area (TPSA) is 72.7 Å². The highest BCUT2D eigenvalue weighted by molar-refractivity contribution is 7.12. The third kappa shape index (κ3) is 3.00. The van der Waals surface area contributed by atoms with Gasteiger partial charge in [-0.05, 0) is 31.5 Å². The third-order valence-electron chi connectivity index (χ3n) is 3.05. The smallest absolute Gasteiger partial charge is 0.200 e. The Morgan fingerprint density at radius 1 is 1.05 bits per heavy atom. The van der Waals surface area contributed by atoms with Gasteiger partial charge in [-0.2, -0.15) is 0 Å². The molecule has 2 rings (SSSR count). The van der Waals surface area contributed by atoms with Gasteiger partial charge >= 0.3 is 0 Å². The first-order chi connectivity index (χ1) is 8.99. The molecule has 0 aliphatic heterocycles. The number of phenols is 3. The number of phenolic OH excluding ortho intramolecular Hbond substituents is 3. The molecule has 0 spiro atoms. The minimum Gasteiger partial charge on any atom is -0.504 e. The van der Waals surface area contributed by atoms with Crippen LogP contribution in [0.1, 0.15) is 20.9 Å². The maximum absolute atomic E-state index is 9.68. The van der Waals surface area contributed by atoms with E-state index in [4.69, 9.17) is 0 Å². The predicted octanol–water partition coefficient (Wildman–Crippen LogP) is 2.77. The highest BCUT2D eigenvalue weighted by Gasteiger charge is 2.10. The fraction of sp³-hybridized carbons (Fsp3) is 0.286. The van der Waals surface area contributed by atoms with Gasteiger partial charge in [0.05, 0.1) is 0 Å². The molecule has 1 aromatic heterocycles. The lowest BCUT2D eigenvalue weighted by atomic mass is 10.1. The molecule has 0 atom stereocenters. The van der Waals surface area contributed by atoms with Gasteiger partial charge in [-0.3, -0.25) is 0 Å². The first-order valence-corrected chi connectivity index (χ1v) is 6.80. The standard InChI is InChI=1S/C14H17NO3S/c1-8-5-11(19-9(8)2)7-15-6-10-3-4-12(16)14(18)13(10)17/h3-5,15-18H,6-7H2,1-2H3. The summed E-state index contributed by atoms with van der Waals surface area (Å²) in [6.45, 7) is 5.31. The summed E-state index contributed by atoms with van der Waals surface area (Å²) in [4.78, 5) is 2.54. The fourth-order valence-corrected chi connectivity index (χ4v) is 2.83. The van der Waals surface area contributed by atoms with Gasteiger partial charge in [-0.25, -0.2) is 0 Å². The van der Waals surface area contributed by atoms with Gasteiger partial charge in [-0.1, -0.05) is 6.07 Å². The van der Waals surface area contributed by atoms with Crippen molar-refractivity contribution >= 4 is 11.3 Å². The molecule has 0 bridgehead atoms. The number of hydrogen-bond acceptors (Lipinski definition) is 5. The summed E-state index contributed by atoms with van der Waals surface area (Å²) in [6.07, 6.45) is 0. The molecule has 0 saturated heterocycles. The van der Waals surface area contributed by atoms with Gasteiger partial charge in [0.15, 0.2) is 11.5 Å². The number of benzene rings is 1. The van der Waals surface area contributed by atoms with Crippen LogP contribution >= 0.6 is 11.3 Å². The maximum atomic E-state index is 9.68. The van der Waals surface area contributed by atoms with E-state index in [0.29, 0.717) is 18.7 Å². The Balaban J connectivity index is 1.98. The molecule has 4 nitrogen and oxygen atoms in total. The van der Waals surface area contributed by atoms with Crippen LogP contribution < -0.4 is 5.32 Å². The summed E-state index contributed by atoms with van der Waals surface area (Å²) in [5.41, 5.74) is 1.84. The second-order valence-electron chi connectivity index (χ2n) is 4.50. The van der Waals surface area contributed by atoms with Crippen molar-refractivity contribution in [2.24, 2.45) is 0 Å². The number of thiophene rings is 1. The number of rotatable bonds is 4. The van der Waals surface area contributed by atoms with Gasteiger partial charge in [0.1, 0.15) is 0 Å². The average Bonchev–Trinajstić information content (AvgIpc) is 2.69. The molecule has 4 N–H and O–H groups in total. The van der Waals surface area contributed by atoms with E-state index in [9.17, 15) is 15.3 Å². The summed E-state index contributed by atoms with van der Waals surface area (Å²) in [7, 11) is 0. The van der Waals surface area contributed by atoms with Crippen molar-refractivity contribution in [2.75, 3.05) is 0 Å². The van der Waals surface area contributed by atoms with Crippen molar-refractivity contribution in [3.8, 4) is 17.2 Å². The molecular formula is C14H17NO3S. The van der Waals surface area contributed by atoms with Crippen molar-refractivity contribution in [2.45, 2.75) is 26.9 Å². The molecule has 2 aromatic rings. The molecule has 0 radical (unpaired) electrons. The van der Waals surface area contributed by atoms with Crippen molar-refractivity contribution in [3.63, 3.8) is 0 Å². The molecule has 0 aliphatic carbocycles. The van der Waals surface area contributed by atoms with E-state index in [1.54, 1.807) is 17.4 Å². The summed E-state index contributed by atoms with van der Waals surface area (Å²) in [6, 6.07) is 5.09. The lowest BCUT2D eigenvalue weighted by Gasteiger charge is -2.08. The number of aryl methyl sites for hydroxylation is 2. The van der Waals surface area contributed by atoms with Gasteiger partial charge in [-0.15, -0.1) is 11.3 Å². The molecule has 1 aromatic carbocycles. The molecular weight excluding hydrogens is 262 g/mol. The van der Waals surface area contributed by atoms with Gasteiger partial charge in [0, 0.05) is 28.4 Å². The Morgan fingerprint density at radius 2 is 1.79 bits per heavy atom. The largest absolute Gasteiger partial charge is 0.504 e. The summed E-state index contributed by atoms with van der Waals surface area (Å²) < 4.78 is 0. The van der Waals surface area contributed by atoms with E-state index in [2.05, 4.69) is 25.2 Å². The van der Waals surface area contributed by atoms with Crippen LogP contribution in [0.2, 0.25) is 0 Å². The van der Waals surface area contributed by atoms with E-state index in [1.165, 1.54) is 21.4 Å². The second kappa shape index (κ2) is 5.50. The lowest BCUT2D eigenvalue weighted by Crippen LogP contribution is -2.11. The summed E-state index contributed by atoms with van der Waals surface area (Å²) >= 11 is 1.74. The van der Waals surface area contributed by atoms with E-state index < -0.39 is 5.75 Å². The third-order valence-corrected chi connectivity index (χ3v) is 4.20. The first kappa shape index (κ1) is 13.7. The molecule has 1 heterocycles. The SMILES string of the molecule is Cc1cc(CNCc2ccc(O)c(O)c2O)sc1C. The lowest BCUT2D eigenvalue weighted by molar-refractivity contribution is 0.364. The van der Waals surface area contributed by atoms with Crippen molar-refractivity contribution in [1.29, 1.82) is 0 Å². The van der Waals surface area contributed by atoms with Gasteiger partial charge in [0.2, 0.25) is 5.75 Å². The normalized spacial score (nSPS) is 10.8. The van der Waals surface area contributed by atoms with Crippen LogP contribution in [-0.4, -0.2) is 15.3 Å². The second-order valence-corrected chi connectivity index (χ2v) is 5.84. The van der Waals surface area contributed by atoms with Crippen LogP contribution in [0.5, 0.6) is 17.2 Å². The number of hydrogen-bond donors (Lipinski definition) is 4. The van der Waals surface area contributed by atoms with Crippen LogP contribution in [0.25, 0.3) is 0 Å². The first-order valence-electron chi connectivity index (χ1n) is 5.98. The molecule has 19 heavy (non-hydrogen) atoms. The van der Waals surface area contributed by atoms with Crippen LogP contribution in [0.15, 0.2) is 18.2 Å². The van der Waals surface area contributed by atoms with Crippen molar-refractivity contribution < 1.29 is 15.3 Å². The van der Waals surface area contributed by atoms with Crippen LogP contribution in [-0.2, 0) is 13.1 Å². The Kier molecular flexibility index (Phi) is 3.97. The molecule has 102 valence electrons. The zero-order valence-electron chi connectivity index (χ0n) is 10.9. The van der Waals surface area contributed by atoms with Gasteiger partial charge < -0.3 is 20.6 Å². The average molecular weight is 279 g/mol. The van der Waals surface area contributed by atoms with E-state index in [1.807, 2.05) is 0 Å². The monoisotopic (exact) mass is 279 g/mol. The zero-order chi connectivity index (χ0) is 14.0. The van der Waals surface area contributed by atoms with E-state index in [-0.39, 0.29) is 11.5 Å². The molecule has 0 amide bonds. The van der Waals surface area contributed by atoms with Crippen LogP contribution in [0.3, 0.4) is 0 Å². The Morgan fingerprint density at radius 3 is 2.42 bits per heavy atom. The molecule has 0 unspecified atom stereocenters. The van der Waals surface area contributed by atoms with E-state index >= 15 is 0 Å². The minimum atomic E-state index is -0.470. The quantitative estimate of drug-likeness (QED) is 0.649. The number of nitrogens with one attached hydrogen (secondary N) is 1.